The molecule has 0 fully saturated rings. The number of hydrogen-bond acceptors (Lipinski definition) is 4. The number of rotatable bonds is 2. The van der Waals surface area contributed by atoms with E-state index in [0.717, 1.165) is 22.2 Å². The predicted octanol–water partition coefficient (Wildman–Crippen LogP) is 3.67. The average molecular weight is 296 g/mol. The molecule has 2 heterocycles. The zero-order valence-electron chi connectivity index (χ0n) is 10.9. The molecule has 0 saturated carbocycles. The van der Waals surface area contributed by atoms with Crippen molar-refractivity contribution >= 4 is 39.8 Å². The molecule has 6 heteroatoms. The molecule has 102 valence electrons. The summed E-state index contributed by atoms with van der Waals surface area (Å²) in [5, 5.41) is 13.1. The zero-order valence-corrected chi connectivity index (χ0v) is 11.6. The number of nitrogens with one attached hydrogen (secondary N) is 1. The Kier molecular flexibility index (Phi) is 2.72. The van der Waals surface area contributed by atoms with Gasteiger partial charge in [-0.3, -0.25) is 4.40 Å². The van der Waals surface area contributed by atoms with Gasteiger partial charge in [0.05, 0.1) is 5.52 Å². The fourth-order valence-electron chi connectivity index (χ4n) is 2.25. The molecule has 0 radical (unpaired) electrons. The van der Waals surface area contributed by atoms with E-state index in [9.17, 15) is 0 Å². The Balaban J connectivity index is 1.90. The van der Waals surface area contributed by atoms with Gasteiger partial charge in [0.1, 0.15) is 6.33 Å². The molecular weight excluding hydrogens is 286 g/mol. The molecule has 0 aliphatic heterocycles. The molecule has 0 aliphatic carbocycles. The molecule has 0 amide bonds. The first-order valence-electron chi connectivity index (χ1n) is 6.42. The monoisotopic (exact) mass is 295 g/mol. The van der Waals surface area contributed by atoms with Crippen LogP contribution in [0.25, 0.3) is 16.6 Å². The Morgan fingerprint density at radius 3 is 2.67 bits per heavy atom. The highest BCUT2D eigenvalue weighted by molar-refractivity contribution is 6.30. The van der Waals surface area contributed by atoms with Gasteiger partial charge in [-0.1, -0.05) is 23.7 Å². The summed E-state index contributed by atoms with van der Waals surface area (Å²) >= 11 is 5.90. The average Bonchev–Trinajstić information content (AvgIpc) is 3.00. The van der Waals surface area contributed by atoms with E-state index in [0.29, 0.717) is 11.0 Å². The number of anilines is 2. The van der Waals surface area contributed by atoms with Crippen molar-refractivity contribution in [1.29, 1.82) is 0 Å². The van der Waals surface area contributed by atoms with Crippen molar-refractivity contribution in [2.75, 3.05) is 5.32 Å². The molecular formula is C15H10ClN5. The van der Waals surface area contributed by atoms with Crippen LogP contribution in [0.1, 0.15) is 0 Å². The largest absolute Gasteiger partial charge is 0.325 e. The molecule has 2 aromatic heterocycles. The second-order valence-corrected chi connectivity index (χ2v) is 5.05. The Bertz CT molecular complexity index is 930. The lowest BCUT2D eigenvalue weighted by molar-refractivity contribution is 1.09. The fourth-order valence-corrected chi connectivity index (χ4v) is 2.38. The minimum absolute atomic E-state index is 0.663. The standard InChI is InChI=1S/C15H10ClN5/c16-10-5-7-11(8-6-10)18-15-19-13-4-2-1-3-12(13)14-20-17-9-21(14)15/h1-9H,(H,18,19). The minimum Gasteiger partial charge on any atom is -0.325 e. The molecule has 0 bridgehead atoms. The highest BCUT2D eigenvalue weighted by Gasteiger charge is 2.09. The van der Waals surface area contributed by atoms with Crippen LogP contribution in [0.15, 0.2) is 54.9 Å². The molecule has 4 rings (SSSR count). The first kappa shape index (κ1) is 12.1. The van der Waals surface area contributed by atoms with E-state index in [1.54, 1.807) is 6.33 Å². The van der Waals surface area contributed by atoms with Crippen LogP contribution < -0.4 is 5.32 Å². The van der Waals surface area contributed by atoms with Gasteiger partial charge in [-0.25, -0.2) is 4.98 Å². The molecule has 5 nitrogen and oxygen atoms in total. The number of hydrogen-bond donors (Lipinski definition) is 1. The number of nitrogens with zero attached hydrogens (tertiary/aromatic N) is 4. The summed E-state index contributed by atoms with van der Waals surface area (Å²) < 4.78 is 1.83. The van der Waals surface area contributed by atoms with Crippen molar-refractivity contribution in [1.82, 2.24) is 19.6 Å². The molecule has 0 atom stereocenters. The van der Waals surface area contributed by atoms with Gasteiger partial charge >= 0.3 is 0 Å². The molecule has 0 unspecified atom stereocenters. The summed E-state index contributed by atoms with van der Waals surface area (Å²) in [4.78, 5) is 4.63. The number of aromatic nitrogens is 4. The van der Waals surface area contributed by atoms with E-state index in [4.69, 9.17) is 11.6 Å². The summed E-state index contributed by atoms with van der Waals surface area (Å²) in [7, 11) is 0. The summed E-state index contributed by atoms with van der Waals surface area (Å²) in [5.74, 6) is 0.663. The van der Waals surface area contributed by atoms with Gasteiger partial charge < -0.3 is 5.32 Å². The quantitative estimate of drug-likeness (QED) is 0.613. The highest BCUT2D eigenvalue weighted by atomic mass is 35.5. The second-order valence-electron chi connectivity index (χ2n) is 4.61. The van der Waals surface area contributed by atoms with Crippen LogP contribution in [-0.2, 0) is 0 Å². The summed E-state index contributed by atoms with van der Waals surface area (Å²) in [6.45, 7) is 0. The SMILES string of the molecule is Clc1ccc(Nc2nc3ccccc3c3nncn23)cc1. The first-order chi connectivity index (χ1) is 10.3. The van der Waals surface area contributed by atoms with Gasteiger partial charge in [0.15, 0.2) is 5.65 Å². The third-order valence-corrected chi connectivity index (χ3v) is 3.50. The van der Waals surface area contributed by atoms with Crippen molar-refractivity contribution < 1.29 is 0 Å². The number of para-hydroxylation sites is 1. The van der Waals surface area contributed by atoms with E-state index >= 15 is 0 Å². The highest BCUT2D eigenvalue weighted by Crippen LogP contribution is 2.23. The van der Waals surface area contributed by atoms with Crippen LogP contribution in [0.4, 0.5) is 11.6 Å². The van der Waals surface area contributed by atoms with Gasteiger partial charge in [0.25, 0.3) is 0 Å². The van der Waals surface area contributed by atoms with E-state index in [1.165, 1.54) is 0 Å². The minimum atomic E-state index is 0.663. The van der Waals surface area contributed by atoms with Crippen molar-refractivity contribution in [3.05, 3.63) is 59.9 Å². The molecule has 2 aromatic carbocycles. The Hall–Kier alpha value is -2.66. The molecule has 0 saturated heterocycles. The van der Waals surface area contributed by atoms with E-state index in [2.05, 4.69) is 20.5 Å². The van der Waals surface area contributed by atoms with Gasteiger partial charge in [-0.2, -0.15) is 0 Å². The number of benzene rings is 2. The van der Waals surface area contributed by atoms with Crippen molar-refractivity contribution in [3.8, 4) is 0 Å². The molecule has 1 N–H and O–H groups in total. The lowest BCUT2D eigenvalue weighted by Gasteiger charge is -2.09. The van der Waals surface area contributed by atoms with Gasteiger partial charge in [-0.15, -0.1) is 10.2 Å². The Labute approximate surface area is 125 Å². The van der Waals surface area contributed by atoms with Crippen molar-refractivity contribution in [2.45, 2.75) is 0 Å². The Morgan fingerprint density at radius 2 is 1.81 bits per heavy atom. The van der Waals surface area contributed by atoms with E-state index in [-0.39, 0.29) is 0 Å². The lowest BCUT2D eigenvalue weighted by atomic mass is 10.2. The lowest BCUT2D eigenvalue weighted by Crippen LogP contribution is -2.01. The second kappa shape index (κ2) is 4.71. The maximum absolute atomic E-state index is 5.90. The zero-order chi connectivity index (χ0) is 14.2. The van der Waals surface area contributed by atoms with E-state index < -0.39 is 0 Å². The van der Waals surface area contributed by atoms with Gasteiger partial charge in [0.2, 0.25) is 5.95 Å². The molecule has 0 aliphatic rings. The number of fused-ring (bicyclic) bond motifs is 3. The molecule has 0 spiro atoms. The smallest absolute Gasteiger partial charge is 0.215 e. The summed E-state index contributed by atoms with van der Waals surface area (Å²) in [6, 6.07) is 15.3. The number of halogens is 1. The van der Waals surface area contributed by atoms with Gasteiger partial charge in [0, 0.05) is 16.1 Å². The molecule has 4 aromatic rings. The van der Waals surface area contributed by atoms with Crippen LogP contribution in [0, 0.1) is 0 Å². The normalized spacial score (nSPS) is 11.1. The van der Waals surface area contributed by atoms with E-state index in [1.807, 2.05) is 52.9 Å². The topological polar surface area (TPSA) is 55.1 Å². The van der Waals surface area contributed by atoms with Crippen LogP contribution >= 0.6 is 11.6 Å². The Morgan fingerprint density at radius 1 is 1.00 bits per heavy atom. The fraction of sp³-hybridized carbons (Fsp3) is 0. The summed E-state index contributed by atoms with van der Waals surface area (Å²) in [5.41, 5.74) is 2.55. The van der Waals surface area contributed by atoms with Crippen molar-refractivity contribution in [3.63, 3.8) is 0 Å². The van der Waals surface area contributed by atoms with Crippen LogP contribution in [0.2, 0.25) is 5.02 Å². The predicted molar refractivity (Wildman–Crippen MR) is 83.0 cm³/mol. The third-order valence-electron chi connectivity index (χ3n) is 3.25. The maximum Gasteiger partial charge on any atom is 0.215 e. The van der Waals surface area contributed by atoms with Gasteiger partial charge in [-0.05, 0) is 36.4 Å². The summed E-state index contributed by atoms with van der Waals surface area (Å²) in [6.07, 6.45) is 1.65. The maximum atomic E-state index is 5.90. The third kappa shape index (κ3) is 2.08. The van der Waals surface area contributed by atoms with Crippen LogP contribution in [-0.4, -0.2) is 19.6 Å². The molecule has 21 heavy (non-hydrogen) atoms. The van der Waals surface area contributed by atoms with Crippen LogP contribution in [0.3, 0.4) is 0 Å². The first-order valence-corrected chi connectivity index (χ1v) is 6.80. The van der Waals surface area contributed by atoms with Crippen LogP contribution in [0.5, 0.6) is 0 Å². The van der Waals surface area contributed by atoms with Crippen molar-refractivity contribution in [2.24, 2.45) is 0 Å².